The van der Waals surface area contributed by atoms with E-state index in [-0.39, 0.29) is 11.3 Å². The number of nitro benzene ring substituents is 1. The largest absolute Gasteiger partial charge is 0.497 e. The first-order valence-corrected chi connectivity index (χ1v) is 11.1. The highest BCUT2D eigenvalue weighted by Gasteiger charge is 2.28. The van der Waals surface area contributed by atoms with Crippen LogP contribution in [0.4, 0.5) is 15.8 Å². The van der Waals surface area contributed by atoms with Gasteiger partial charge >= 0.3 is 0 Å². The van der Waals surface area contributed by atoms with Crippen LogP contribution in [0.1, 0.15) is 16.1 Å². The Balaban J connectivity index is 1.37. The van der Waals surface area contributed by atoms with Gasteiger partial charge in [-0.15, -0.1) is 11.3 Å². The standard InChI is InChI=1S/C22H22FN5O4S/c1-32-17-4-2-14(3-5-17)21-25-16(13-33-21)12-26-6-8-27(9-7-26)22(29)18-10-15(23)11-19(20(18)24)28(30)31/h2-5,10-11,13H,6-9,12,24H2,1H3. The van der Waals surface area contributed by atoms with E-state index in [0.29, 0.717) is 32.7 Å². The average molecular weight is 472 g/mol. The highest BCUT2D eigenvalue weighted by molar-refractivity contribution is 7.13. The number of nitro groups is 1. The summed E-state index contributed by atoms with van der Waals surface area (Å²) < 4.78 is 19.0. The minimum Gasteiger partial charge on any atom is -0.497 e. The zero-order valence-electron chi connectivity index (χ0n) is 17.9. The lowest BCUT2D eigenvalue weighted by atomic mass is 10.1. The SMILES string of the molecule is COc1ccc(-c2nc(CN3CCN(C(=O)c4cc(F)cc([N+](=O)[O-])c4N)CC3)cs2)cc1. The average Bonchev–Trinajstić information content (AvgIpc) is 3.28. The van der Waals surface area contributed by atoms with Crippen molar-refractivity contribution in [2.45, 2.75) is 6.54 Å². The molecule has 1 amide bonds. The van der Waals surface area contributed by atoms with Gasteiger partial charge in [-0.05, 0) is 30.3 Å². The number of hydrogen-bond donors (Lipinski definition) is 1. The fourth-order valence-electron chi connectivity index (χ4n) is 3.69. The minimum absolute atomic E-state index is 0.182. The fraction of sp³-hybridized carbons (Fsp3) is 0.273. The van der Waals surface area contributed by atoms with Crippen molar-refractivity contribution >= 4 is 28.6 Å². The molecule has 1 aliphatic rings. The lowest BCUT2D eigenvalue weighted by molar-refractivity contribution is -0.384. The van der Waals surface area contributed by atoms with Gasteiger partial charge in [0.2, 0.25) is 0 Å². The van der Waals surface area contributed by atoms with E-state index in [4.69, 9.17) is 15.5 Å². The second-order valence-electron chi connectivity index (χ2n) is 7.58. The van der Waals surface area contributed by atoms with Crippen LogP contribution < -0.4 is 10.5 Å². The molecular formula is C22H22FN5O4S. The molecule has 2 N–H and O–H groups in total. The summed E-state index contributed by atoms with van der Waals surface area (Å²) in [5.41, 5.74) is 6.63. The normalized spacial score (nSPS) is 14.3. The van der Waals surface area contributed by atoms with Crippen molar-refractivity contribution in [1.82, 2.24) is 14.8 Å². The topological polar surface area (TPSA) is 115 Å². The molecule has 0 unspecified atom stereocenters. The molecule has 0 aliphatic carbocycles. The van der Waals surface area contributed by atoms with Crippen molar-refractivity contribution in [3.63, 3.8) is 0 Å². The Morgan fingerprint density at radius 2 is 1.94 bits per heavy atom. The third-order valence-corrected chi connectivity index (χ3v) is 6.42. The lowest BCUT2D eigenvalue weighted by Crippen LogP contribution is -2.48. The zero-order valence-corrected chi connectivity index (χ0v) is 18.7. The Hall–Kier alpha value is -3.57. The first kappa shape index (κ1) is 22.6. The number of amides is 1. The first-order valence-electron chi connectivity index (χ1n) is 10.2. The predicted molar refractivity (Wildman–Crippen MR) is 123 cm³/mol. The highest BCUT2D eigenvalue weighted by atomic mass is 32.1. The van der Waals surface area contributed by atoms with Crippen LogP contribution in [0, 0.1) is 15.9 Å². The summed E-state index contributed by atoms with van der Waals surface area (Å²) >= 11 is 1.57. The smallest absolute Gasteiger partial charge is 0.295 e. The molecule has 0 bridgehead atoms. The second-order valence-corrected chi connectivity index (χ2v) is 8.44. The van der Waals surface area contributed by atoms with E-state index < -0.39 is 22.3 Å². The molecule has 2 aromatic carbocycles. The number of methoxy groups -OCH3 is 1. The number of carbonyl (C=O) groups is 1. The maximum atomic E-state index is 13.8. The van der Waals surface area contributed by atoms with Gasteiger partial charge in [-0.2, -0.15) is 0 Å². The van der Waals surface area contributed by atoms with E-state index in [1.54, 1.807) is 18.4 Å². The van der Waals surface area contributed by atoms with Crippen LogP contribution in [0.5, 0.6) is 5.75 Å². The number of halogens is 1. The molecule has 4 rings (SSSR count). The molecule has 9 nitrogen and oxygen atoms in total. The molecule has 172 valence electrons. The summed E-state index contributed by atoms with van der Waals surface area (Å²) in [7, 11) is 1.63. The number of thiazole rings is 1. The van der Waals surface area contributed by atoms with Gasteiger partial charge < -0.3 is 15.4 Å². The summed E-state index contributed by atoms with van der Waals surface area (Å²) in [6.07, 6.45) is 0. The maximum absolute atomic E-state index is 13.8. The van der Waals surface area contributed by atoms with Gasteiger partial charge in [0.1, 0.15) is 22.3 Å². The maximum Gasteiger partial charge on any atom is 0.295 e. The third kappa shape index (κ3) is 4.94. The molecule has 1 aliphatic heterocycles. The molecule has 11 heteroatoms. The molecule has 33 heavy (non-hydrogen) atoms. The summed E-state index contributed by atoms with van der Waals surface area (Å²) in [4.78, 5) is 31.6. The van der Waals surface area contributed by atoms with Crippen LogP contribution in [0.15, 0.2) is 41.8 Å². The van der Waals surface area contributed by atoms with Gasteiger partial charge in [0.25, 0.3) is 11.6 Å². The third-order valence-electron chi connectivity index (χ3n) is 5.48. The summed E-state index contributed by atoms with van der Waals surface area (Å²) in [5, 5.41) is 14.0. The van der Waals surface area contributed by atoms with Crippen LogP contribution in [0.3, 0.4) is 0 Å². The summed E-state index contributed by atoms with van der Waals surface area (Å²) in [6, 6.07) is 9.40. The highest BCUT2D eigenvalue weighted by Crippen LogP contribution is 2.29. The Kier molecular flexibility index (Phi) is 6.52. The number of piperazine rings is 1. The van der Waals surface area contributed by atoms with E-state index in [1.807, 2.05) is 29.6 Å². The minimum atomic E-state index is -0.867. The molecule has 0 radical (unpaired) electrons. The van der Waals surface area contributed by atoms with E-state index in [2.05, 4.69) is 4.90 Å². The number of carbonyl (C=O) groups excluding carboxylic acids is 1. The predicted octanol–water partition coefficient (Wildman–Crippen LogP) is 3.41. The second kappa shape index (κ2) is 9.51. The number of aromatic nitrogens is 1. The molecular weight excluding hydrogens is 449 g/mol. The Bertz CT molecular complexity index is 1180. The van der Waals surface area contributed by atoms with E-state index in [0.717, 1.165) is 34.1 Å². The molecule has 1 aromatic heterocycles. The lowest BCUT2D eigenvalue weighted by Gasteiger charge is -2.34. The number of hydrogen-bond acceptors (Lipinski definition) is 8. The number of anilines is 1. The van der Waals surface area contributed by atoms with Crippen molar-refractivity contribution < 1.29 is 18.8 Å². The van der Waals surface area contributed by atoms with Gasteiger partial charge in [0.05, 0.1) is 29.4 Å². The van der Waals surface area contributed by atoms with Crippen LogP contribution in [0.2, 0.25) is 0 Å². The molecule has 3 aromatic rings. The fourth-order valence-corrected chi connectivity index (χ4v) is 4.50. The first-order chi connectivity index (χ1) is 15.9. The molecule has 2 heterocycles. The van der Waals surface area contributed by atoms with E-state index in [9.17, 15) is 19.3 Å². The van der Waals surface area contributed by atoms with Gasteiger partial charge in [-0.25, -0.2) is 9.37 Å². The Labute approximate surface area is 193 Å². The van der Waals surface area contributed by atoms with Gasteiger partial charge in [-0.1, -0.05) is 0 Å². The van der Waals surface area contributed by atoms with E-state index in [1.165, 1.54) is 4.90 Å². The molecule has 0 atom stereocenters. The van der Waals surface area contributed by atoms with Crippen molar-refractivity contribution in [1.29, 1.82) is 0 Å². The number of ether oxygens (including phenoxy) is 1. The summed E-state index contributed by atoms with van der Waals surface area (Å²) in [6.45, 7) is 2.63. The van der Waals surface area contributed by atoms with Crippen molar-refractivity contribution in [2.24, 2.45) is 0 Å². The number of rotatable bonds is 6. The van der Waals surface area contributed by atoms with Gasteiger partial charge in [0.15, 0.2) is 0 Å². The van der Waals surface area contributed by atoms with Crippen LogP contribution in [-0.4, -0.2) is 58.9 Å². The molecule has 1 saturated heterocycles. The number of nitrogen functional groups attached to an aromatic ring is 1. The molecule has 1 fully saturated rings. The molecule has 0 spiro atoms. The van der Waals surface area contributed by atoms with Crippen molar-refractivity contribution in [3.8, 4) is 16.3 Å². The zero-order chi connectivity index (χ0) is 23.5. The number of nitrogens with two attached hydrogens (primary N) is 1. The summed E-state index contributed by atoms with van der Waals surface area (Å²) in [5.74, 6) is -0.586. The number of nitrogens with zero attached hydrogens (tertiary/aromatic N) is 4. The Morgan fingerprint density at radius 3 is 2.58 bits per heavy atom. The molecule has 0 saturated carbocycles. The van der Waals surface area contributed by atoms with E-state index >= 15 is 0 Å². The van der Waals surface area contributed by atoms with Crippen LogP contribution in [-0.2, 0) is 6.54 Å². The Morgan fingerprint density at radius 1 is 1.24 bits per heavy atom. The van der Waals surface area contributed by atoms with Crippen LogP contribution >= 0.6 is 11.3 Å². The van der Waals surface area contributed by atoms with Crippen molar-refractivity contribution in [2.75, 3.05) is 39.0 Å². The van der Waals surface area contributed by atoms with Crippen molar-refractivity contribution in [3.05, 3.63) is 69.0 Å². The number of benzene rings is 2. The van der Waals surface area contributed by atoms with Gasteiger partial charge in [0, 0.05) is 43.7 Å². The quantitative estimate of drug-likeness (QED) is 0.333. The van der Waals surface area contributed by atoms with Crippen LogP contribution in [0.25, 0.3) is 10.6 Å². The van der Waals surface area contributed by atoms with Gasteiger partial charge in [-0.3, -0.25) is 19.8 Å². The monoisotopic (exact) mass is 471 g/mol.